The van der Waals surface area contributed by atoms with Crippen LogP contribution in [0.4, 0.5) is 0 Å². The molecule has 4 nitrogen and oxygen atoms in total. The summed E-state index contributed by atoms with van der Waals surface area (Å²) in [7, 11) is -3.32. The minimum Gasteiger partial charge on any atom is -0.314 e. The fraction of sp³-hybridized carbons (Fsp3) is 0.600. The number of hydrogen-bond donors (Lipinski definition) is 1. The molecule has 0 fully saturated rings. The third kappa shape index (κ3) is 4.39. The van der Waals surface area contributed by atoms with Gasteiger partial charge in [0.2, 0.25) is 0 Å². The van der Waals surface area contributed by atoms with Crippen LogP contribution in [0.5, 0.6) is 0 Å². The molecule has 1 aromatic heterocycles. The Balaban J connectivity index is 2.04. The Hall–Kier alpha value is -0.690. The van der Waals surface area contributed by atoms with Crippen LogP contribution in [0.3, 0.4) is 0 Å². The van der Waals surface area contributed by atoms with Crippen molar-refractivity contribution in [1.29, 1.82) is 0 Å². The average molecular weight is 329 g/mol. The molecule has 0 saturated carbocycles. The Kier molecular flexibility index (Phi) is 5.60. The van der Waals surface area contributed by atoms with E-state index in [9.17, 15) is 8.42 Å². The highest BCUT2D eigenvalue weighted by atomic mass is 32.2. The minimum atomic E-state index is -3.32. The zero-order chi connectivity index (χ0) is 15.5. The summed E-state index contributed by atoms with van der Waals surface area (Å²) >= 11 is 1.40. The predicted molar refractivity (Wildman–Crippen MR) is 88.3 cm³/mol. The maximum Gasteiger partial charge on any atom is 0.252 e. The highest BCUT2D eigenvalue weighted by molar-refractivity contribution is 7.91. The van der Waals surface area contributed by atoms with Crippen LogP contribution in [-0.2, 0) is 16.4 Å². The van der Waals surface area contributed by atoms with Crippen molar-refractivity contribution in [2.24, 2.45) is 0 Å². The van der Waals surface area contributed by atoms with Gasteiger partial charge in [-0.25, -0.2) is 8.42 Å². The first kappa shape index (κ1) is 16.7. The monoisotopic (exact) mass is 328 g/mol. The van der Waals surface area contributed by atoms with Gasteiger partial charge in [-0.05, 0) is 31.9 Å². The number of nitrogens with one attached hydrogen (secondary N) is 1. The molecule has 21 heavy (non-hydrogen) atoms. The fourth-order valence-electron chi connectivity index (χ4n) is 2.32. The number of rotatable bonds is 6. The van der Waals surface area contributed by atoms with Crippen LogP contribution < -0.4 is 5.32 Å². The van der Waals surface area contributed by atoms with Crippen molar-refractivity contribution in [2.45, 2.75) is 43.9 Å². The van der Waals surface area contributed by atoms with E-state index in [1.165, 1.54) is 11.3 Å². The van der Waals surface area contributed by atoms with Crippen molar-refractivity contribution in [3.8, 4) is 0 Å². The van der Waals surface area contributed by atoms with Gasteiger partial charge in [0.1, 0.15) is 4.21 Å². The Morgan fingerprint density at radius 3 is 2.81 bits per heavy atom. The molecule has 1 aliphatic heterocycles. The average Bonchev–Trinajstić information content (AvgIpc) is 2.88. The van der Waals surface area contributed by atoms with Gasteiger partial charge in [0.15, 0.2) is 0 Å². The summed E-state index contributed by atoms with van der Waals surface area (Å²) in [6.07, 6.45) is 3.79. The van der Waals surface area contributed by atoms with Crippen molar-refractivity contribution in [2.75, 3.05) is 19.6 Å². The maximum absolute atomic E-state index is 12.6. The van der Waals surface area contributed by atoms with E-state index in [0.717, 1.165) is 29.8 Å². The first-order valence-corrected chi connectivity index (χ1v) is 9.63. The maximum atomic E-state index is 12.6. The second-order valence-electron chi connectivity index (χ2n) is 5.76. The first-order valence-electron chi connectivity index (χ1n) is 7.37. The number of thiophene rings is 1. The summed E-state index contributed by atoms with van der Waals surface area (Å²) in [5.74, 6) is 0. The summed E-state index contributed by atoms with van der Waals surface area (Å²) in [6, 6.07) is 4.14. The number of hydrogen-bond acceptors (Lipinski definition) is 4. The van der Waals surface area contributed by atoms with Crippen LogP contribution in [0, 0.1) is 0 Å². The van der Waals surface area contributed by atoms with Gasteiger partial charge < -0.3 is 5.32 Å². The lowest BCUT2D eigenvalue weighted by Gasteiger charge is -2.24. The van der Waals surface area contributed by atoms with Gasteiger partial charge in [-0.2, -0.15) is 4.31 Å². The van der Waals surface area contributed by atoms with Crippen LogP contribution in [0.25, 0.3) is 0 Å². The zero-order valence-corrected chi connectivity index (χ0v) is 14.6. The molecular formula is C15H24N2O2S2. The Morgan fingerprint density at radius 2 is 2.14 bits per heavy atom. The first-order chi connectivity index (χ1) is 9.89. The van der Waals surface area contributed by atoms with Crippen LogP contribution >= 0.6 is 11.3 Å². The van der Waals surface area contributed by atoms with Crippen LogP contribution in [0.15, 0.2) is 28.0 Å². The van der Waals surface area contributed by atoms with Gasteiger partial charge in [-0.15, -0.1) is 11.3 Å². The van der Waals surface area contributed by atoms with Gasteiger partial charge in [0, 0.05) is 30.6 Å². The smallest absolute Gasteiger partial charge is 0.252 e. The molecule has 118 valence electrons. The van der Waals surface area contributed by atoms with Gasteiger partial charge in [0.05, 0.1) is 0 Å². The van der Waals surface area contributed by atoms with E-state index in [2.05, 4.69) is 25.2 Å². The van der Waals surface area contributed by atoms with Crippen LogP contribution in [0.2, 0.25) is 0 Å². The Morgan fingerprint density at radius 1 is 1.38 bits per heavy atom. The molecule has 2 rings (SSSR count). The van der Waals surface area contributed by atoms with E-state index in [-0.39, 0.29) is 0 Å². The second-order valence-corrected chi connectivity index (χ2v) is 9.09. The molecule has 0 atom stereocenters. The van der Waals surface area contributed by atoms with Gasteiger partial charge in [0.25, 0.3) is 10.0 Å². The van der Waals surface area contributed by atoms with E-state index in [1.54, 1.807) is 10.4 Å². The van der Waals surface area contributed by atoms with Gasteiger partial charge >= 0.3 is 0 Å². The number of nitrogens with zero attached hydrogens (tertiary/aromatic N) is 1. The largest absolute Gasteiger partial charge is 0.314 e. The predicted octanol–water partition coefficient (Wildman–Crippen LogP) is 2.63. The quantitative estimate of drug-likeness (QED) is 0.817. The van der Waals surface area contributed by atoms with Gasteiger partial charge in [-0.3, -0.25) is 0 Å². The topological polar surface area (TPSA) is 49.4 Å². The molecular weight excluding hydrogens is 304 g/mol. The highest BCUT2D eigenvalue weighted by Crippen LogP contribution is 2.27. The Labute approximate surface area is 131 Å². The lowest BCUT2D eigenvalue weighted by atomic mass is 10.2. The molecule has 0 unspecified atom stereocenters. The van der Waals surface area contributed by atoms with E-state index >= 15 is 0 Å². The van der Waals surface area contributed by atoms with E-state index < -0.39 is 10.0 Å². The molecule has 0 saturated heterocycles. The molecule has 2 heterocycles. The molecule has 1 N–H and O–H groups in total. The van der Waals surface area contributed by atoms with Crippen LogP contribution in [-0.4, -0.2) is 38.4 Å². The van der Waals surface area contributed by atoms with Crippen LogP contribution in [0.1, 0.15) is 32.1 Å². The summed E-state index contributed by atoms with van der Waals surface area (Å²) in [5, 5.41) is 3.35. The lowest BCUT2D eigenvalue weighted by Crippen LogP contribution is -2.34. The third-order valence-corrected chi connectivity index (χ3v) is 6.91. The van der Waals surface area contributed by atoms with Crippen molar-refractivity contribution in [1.82, 2.24) is 9.62 Å². The summed E-state index contributed by atoms with van der Waals surface area (Å²) < 4.78 is 27.3. The Bertz CT molecular complexity index is 603. The van der Waals surface area contributed by atoms with Crippen molar-refractivity contribution < 1.29 is 8.42 Å². The van der Waals surface area contributed by atoms with E-state index in [1.807, 2.05) is 13.0 Å². The lowest BCUT2D eigenvalue weighted by molar-refractivity contribution is 0.429. The third-order valence-electron chi connectivity index (χ3n) is 3.45. The molecule has 1 aromatic rings. The molecule has 0 radical (unpaired) electrons. The zero-order valence-electron chi connectivity index (χ0n) is 12.9. The molecule has 0 bridgehead atoms. The van der Waals surface area contributed by atoms with Gasteiger partial charge in [-0.1, -0.05) is 25.5 Å². The van der Waals surface area contributed by atoms with E-state index in [4.69, 9.17) is 0 Å². The fourth-order valence-corrected chi connectivity index (χ4v) is 5.33. The highest BCUT2D eigenvalue weighted by Gasteiger charge is 2.27. The second kappa shape index (κ2) is 7.05. The van der Waals surface area contributed by atoms with Crippen molar-refractivity contribution in [3.63, 3.8) is 0 Å². The molecule has 0 amide bonds. The van der Waals surface area contributed by atoms with E-state index in [0.29, 0.717) is 23.3 Å². The standard InChI is InChI=1S/C15H24N2O2S2/c1-12(2)16-9-8-14-6-7-15(20-14)21(18,19)17-10-4-5-13(3)11-17/h5-7,12,16H,4,8-11H2,1-3H3. The normalized spacial score (nSPS) is 17.2. The summed E-state index contributed by atoms with van der Waals surface area (Å²) in [5.41, 5.74) is 1.13. The van der Waals surface area contributed by atoms with Crippen molar-refractivity contribution in [3.05, 3.63) is 28.7 Å². The molecule has 0 aliphatic carbocycles. The summed E-state index contributed by atoms with van der Waals surface area (Å²) in [6.45, 7) is 8.18. The SMILES string of the molecule is CC1=CCCN(S(=O)(=O)c2ccc(CCNC(C)C)s2)C1. The molecule has 1 aliphatic rings. The van der Waals surface area contributed by atoms with Crippen molar-refractivity contribution >= 4 is 21.4 Å². The molecule has 0 spiro atoms. The number of sulfonamides is 1. The minimum absolute atomic E-state index is 0.455. The molecule has 6 heteroatoms. The molecule has 0 aromatic carbocycles. The summed E-state index contributed by atoms with van der Waals surface area (Å²) in [4.78, 5) is 1.12.